The number of aromatic nitrogens is 4. The maximum Gasteiger partial charge on any atom is 0.154 e. The summed E-state index contributed by atoms with van der Waals surface area (Å²) in [5, 5.41) is 3.29. The molecule has 0 radical (unpaired) electrons. The summed E-state index contributed by atoms with van der Waals surface area (Å²) in [6, 6.07) is 1.08. The summed E-state index contributed by atoms with van der Waals surface area (Å²) in [7, 11) is 0. The fraction of sp³-hybridized carbons (Fsp3) is 0.529. The van der Waals surface area contributed by atoms with Crippen molar-refractivity contribution in [1.29, 1.82) is 0 Å². The predicted molar refractivity (Wildman–Crippen MR) is 88.3 cm³/mol. The first-order chi connectivity index (χ1) is 11.4. The fourth-order valence-electron chi connectivity index (χ4n) is 3.93. The Morgan fingerprint density at radius 1 is 0.913 bits per heavy atom. The molecule has 2 fully saturated rings. The summed E-state index contributed by atoms with van der Waals surface area (Å²) in [6.07, 6.45) is 16.3. The molecule has 3 heterocycles. The molecule has 23 heavy (non-hydrogen) atoms. The Hall–Kier alpha value is -2.08. The molecule has 0 bridgehead atoms. The van der Waals surface area contributed by atoms with E-state index in [2.05, 4.69) is 30.2 Å². The summed E-state index contributed by atoms with van der Waals surface area (Å²) in [6.45, 7) is 1.18. The Bertz CT molecular complexity index is 641. The number of likely N-dealkylation sites (tertiary alicyclic amines) is 1. The van der Waals surface area contributed by atoms with E-state index in [9.17, 15) is 0 Å². The van der Waals surface area contributed by atoms with Crippen LogP contribution in [0.2, 0.25) is 0 Å². The highest BCUT2D eigenvalue weighted by Crippen LogP contribution is 2.39. The molecule has 0 amide bonds. The van der Waals surface area contributed by atoms with Gasteiger partial charge in [0.2, 0.25) is 0 Å². The molecule has 4 rings (SSSR count). The molecule has 1 atom stereocenters. The average Bonchev–Trinajstić information content (AvgIpc) is 3.27. The number of nitrogens with one attached hydrogen (secondary N) is 1. The van der Waals surface area contributed by atoms with Crippen LogP contribution in [0.25, 0.3) is 0 Å². The third-order valence-electron chi connectivity index (χ3n) is 4.94. The third kappa shape index (κ3) is 3.03. The van der Waals surface area contributed by atoms with Crippen LogP contribution in [0.5, 0.6) is 0 Å². The monoisotopic (exact) mass is 310 g/mol. The van der Waals surface area contributed by atoms with Crippen LogP contribution in [0.4, 0.5) is 11.6 Å². The van der Waals surface area contributed by atoms with E-state index in [4.69, 9.17) is 0 Å². The number of anilines is 2. The van der Waals surface area contributed by atoms with Crippen LogP contribution in [-0.2, 0) is 0 Å². The third-order valence-corrected chi connectivity index (χ3v) is 4.94. The molecule has 2 aliphatic rings. The van der Waals surface area contributed by atoms with E-state index in [-0.39, 0.29) is 0 Å². The van der Waals surface area contributed by atoms with E-state index < -0.39 is 0 Å². The molecule has 0 spiro atoms. The Labute approximate surface area is 136 Å². The van der Waals surface area contributed by atoms with E-state index in [0.29, 0.717) is 17.9 Å². The van der Waals surface area contributed by atoms with Crippen LogP contribution in [-0.4, -0.2) is 37.4 Å². The second-order valence-corrected chi connectivity index (χ2v) is 6.34. The first-order valence-electron chi connectivity index (χ1n) is 8.51. The predicted octanol–water partition coefficient (Wildman–Crippen LogP) is 3.09. The quantitative estimate of drug-likeness (QED) is 0.936. The largest absolute Gasteiger partial charge is 0.322 e. The molecule has 0 unspecified atom stereocenters. The molecular formula is C17H22N6. The van der Waals surface area contributed by atoms with Crippen LogP contribution in [0.15, 0.2) is 31.0 Å². The summed E-state index contributed by atoms with van der Waals surface area (Å²) >= 11 is 0. The highest BCUT2D eigenvalue weighted by atomic mass is 15.2. The van der Waals surface area contributed by atoms with Crippen molar-refractivity contribution in [1.82, 2.24) is 24.8 Å². The van der Waals surface area contributed by atoms with Gasteiger partial charge in [-0.3, -0.25) is 14.9 Å². The lowest BCUT2D eigenvalue weighted by Gasteiger charge is -2.30. The minimum absolute atomic E-state index is 0.367. The molecule has 1 N–H and O–H groups in total. The summed E-state index contributed by atoms with van der Waals surface area (Å²) in [4.78, 5) is 20.2. The van der Waals surface area contributed by atoms with Crippen LogP contribution < -0.4 is 5.32 Å². The summed E-state index contributed by atoms with van der Waals surface area (Å²) < 4.78 is 0. The van der Waals surface area contributed by atoms with Gasteiger partial charge in [-0.25, -0.2) is 9.97 Å². The Balaban J connectivity index is 1.60. The van der Waals surface area contributed by atoms with Crippen molar-refractivity contribution in [3.63, 3.8) is 0 Å². The van der Waals surface area contributed by atoms with Crippen LogP contribution in [0.3, 0.4) is 0 Å². The second-order valence-electron chi connectivity index (χ2n) is 6.34. The van der Waals surface area contributed by atoms with Gasteiger partial charge in [0.25, 0.3) is 0 Å². The van der Waals surface area contributed by atoms with Crippen molar-refractivity contribution in [2.45, 2.75) is 50.6 Å². The van der Waals surface area contributed by atoms with Crippen molar-refractivity contribution >= 4 is 11.6 Å². The van der Waals surface area contributed by atoms with Crippen molar-refractivity contribution in [2.24, 2.45) is 0 Å². The van der Waals surface area contributed by atoms with Gasteiger partial charge in [0.1, 0.15) is 11.5 Å². The van der Waals surface area contributed by atoms with Gasteiger partial charge in [-0.1, -0.05) is 12.8 Å². The van der Waals surface area contributed by atoms with E-state index in [0.717, 1.165) is 17.9 Å². The zero-order chi connectivity index (χ0) is 15.5. The standard InChI is InChI=1S/C17H22N6/c1-2-5-13(4-1)23-11-3-6-14(23)16-17(21-10-9-20-16)22-15-12-18-7-8-19-15/h7-10,12-14H,1-6,11H2,(H,19,21,22)/t14-/m0/s1. The van der Waals surface area contributed by atoms with Crippen molar-refractivity contribution in [3.05, 3.63) is 36.7 Å². The molecule has 1 aliphatic heterocycles. The normalized spacial score (nSPS) is 22.5. The van der Waals surface area contributed by atoms with Crippen LogP contribution >= 0.6 is 0 Å². The minimum atomic E-state index is 0.367. The van der Waals surface area contributed by atoms with Gasteiger partial charge in [0, 0.05) is 30.8 Å². The molecule has 2 aromatic rings. The van der Waals surface area contributed by atoms with Gasteiger partial charge in [0.15, 0.2) is 5.82 Å². The zero-order valence-electron chi connectivity index (χ0n) is 13.2. The molecule has 1 aliphatic carbocycles. The maximum atomic E-state index is 4.66. The Morgan fingerprint density at radius 2 is 1.74 bits per heavy atom. The lowest BCUT2D eigenvalue weighted by molar-refractivity contribution is 0.180. The van der Waals surface area contributed by atoms with Gasteiger partial charge in [-0.05, 0) is 32.2 Å². The molecule has 2 aromatic heterocycles. The van der Waals surface area contributed by atoms with Gasteiger partial charge in [0.05, 0.1) is 12.2 Å². The van der Waals surface area contributed by atoms with E-state index in [1.165, 1.54) is 38.6 Å². The summed E-state index contributed by atoms with van der Waals surface area (Å²) in [5.41, 5.74) is 1.04. The fourth-order valence-corrected chi connectivity index (χ4v) is 3.93. The average molecular weight is 310 g/mol. The smallest absolute Gasteiger partial charge is 0.154 e. The molecule has 6 heteroatoms. The topological polar surface area (TPSA) is 66.8 Å². The minimum Gasteiger partial charge on any atom is -0.322 e. The van der Waals surface area contributed by atoms with Crippen LogP contribution in [0.1, 0.15) is 50.3 Å². The van der Waals surface area contributed by atoms with Gasteiger partial charge >= 0.3 is 0 Å². The first-order valence-corrected chi connectivity index (χ1v) is 8.51. The van der Waals surface area contributed by atoms with Gasteiger partial charge in [-0.15, -0.1) is 0 Å². The van der Waals surface area contributed by atoms with Crippen LogP contribution in [0, 0.1) is 0 Å². The number of hydrogen-bond donors (Lipinski definition) is 1. The van der Waals surface area contributed by atoms with Gasteiger partial charge in [-0.2, -0.15) is 0 Å². The van der Waals surface area contributed by atoms with Crippen molar-refractivity contribution < 1.29 is 0 Å². The van der Waals surface area contributed by atoms with Crippen molar-refractivity contribution in [3.8, 4) is 0 Å². The Kier molecular flexibility index (Phi) is 4.15. The number of hydrogen-bond acceptors (Lipinski definition) is 6. The highest BCUT2D eigenvalue weighted by molar-refractivity contribution is 5.53. The zero-order valence-corrected chi connectivity index (χ0v) is 13.2. The lowest BCUT2D eigenvalue weighted by Crippen LogP contribution is -2.33. The lowest BCUT2D eigenvalue weighted by atomic mass is 10.1. The molecule has 0 aromatic carbocycles. The highest BCUT2D eigenvalue weighted by Gasteiger charge is 2.35. The maximum absolute atomic E-state index is 4.66. The van der Waals surface area contributed by atoms with Gasteiger partial charge < -0.3 is 5.32 Å². The molecule has 120 valence electrons. The molecule has 1 saturated carbocycles. The molecule has 6 nitrogen and oxygen atoms in total. The Morgan fingerprint density at radius 3 is 2.57 bits per heavy atom. The van der Waals surface area contributed by atoms with Crippen molar-refractivity contribution in [2.75, 3.05) is 11.9 Å². The van der Waals surface area contributed by atoms with E-state index in [1.807, 2.05) is 0 Å². The summed E-state index contributed by atoms with van der Waals surface area (Å²) in [5.74, 6) is 1.52. The SMILES string of the molecule is c1cnc(Nc2nccnc2[C@@H]2CCCN2C2CCCC2)cn1. The first kappa shape index (κ1) is 14.5. The second kappa shape index (κ2) is 6.58. The number of nitrogens with zero attached hydrogens (tertiary/aromatic N) is 5. The number of rotatable bonds is 4. The van der Waals surface area contributed by atoms with E-state index >= 15 is 0 Å². The molecule has 1 saturated heterocycles. The molecular weight excluding hydrogens is 288 g/mol. The van der Waals surface area contributed by atoms with E-state index in [1.54, 1.807) is 31.0 Å².